The lowest BCUT2D eigenvalue weighted by molar-refractivity contribution is -0.145. The molecule has 1 aromatic carbocycles. The normalized spacial score (nSPS) is 10.2. The number of benzene rings is 1. The largest absolute Gasteiger partial charge is 0.493 e. The molecule has 0 bridgehead atoms. The number of methoxy groups -OCH3 is 1. The van der Waals surface area contributed by atoms with Gasteiger partial charge < -0.3 is 25.3 Å². The fourth-order valence-electron chi connectivity index (χ4n) is 1.90. The molecule has 0 unspecified atom stereocenters. The topological polar surface area (TPSA) is 117 Å². The Morgan fingerprint density at radius 1 is 1.16 bits per heavy atom. The molecule has 1 rings (SSSR count). The van der Waals surface area contributed by atoms with Crippen LogP contribution in [0.1, 0.15) is 30.6 Å². The molecular weight excluding hydrogens is 328 g/mol. The first-order valence-corrected chi connectivity index (χ1v) is 7.86. The summed E-state index contributed by atoms with van der Waals surface area (Å²) in [6, 6.07) is 4.57. The Morgan fingerprint density at radius 3 is 2.48 bits per heavy atom. The van der Waals surface area contributed by atoms with E-state index in [1.807, 2.05) is 13.8 Å². The average molecular weight is 352 g/mol. The van der Waals surface area contributed by atoms with Gasteiger partial charge in [0.05, 0.1) is 13.7 Å². The molecule has 1 aromatic rings. The maximum atomic E-state index is 11.9. The predicted molar refractivity (Wildman–Crippen MR) is 90.4 cm³/mol. The van der Waals surface area contributed by atoms with Crippen molar-refractivity contribution < 1.29 is 28.6 Å². The highest BCUT2D eigenvalue weighted by molar-refractivity contribution is 5.96. The summed E-state index contributed by atoms with van der Waals surface area (Å²) in [6.45, 7) is 3.90. The first kappa shape index (κ1) is 20.3. The maximum Gasteiger partial charge on any atom is 0.306 e. The van der Waals surface area contributed by atoms with Crippen molar-refractivity contribution in [1.82, 2.24) is 5.32 Å². The SMILES string of the molecule is COc1cc(C(=O)NCC(N)=O)ccc1OCCOC(=O)CC(C)C. The van der Waals surface area contributed by atoms with Crippen molar-refractivity contribution in [3.8, 4) is 11.5 Å². The molecule has 0 aliphatic carbocycles. The summed E-state index contributed by atoms with van der Waals surface area (Å²) >= 11 is 0. The van der Waals surface area contributed by atoms with Crippen LogP contribution in [-0.2, 0) is 14.3 Å². The second kappa shape index (κ2) is 10.2. The predicted octanol–water partition coefficient (Wildman–Crippen LogP) is 0.878. The number of primary amides is 1. The van der Waals surface area contributed by atoms with E-state index in [9.17, 15) is 14.4 Å². The Bertz CT molecular complexity index is 615. The number of nitrogens with one attached hydrogen (secondary N) is 1. The van der Waals surface area contributed by atoms with Gasteiger partial charge in [-0.2, -0.15) is 0 Å². The molecule has 138 valence electrons. The summed E-state index contributed by atoms with van der Waals surface area (Å²) < 4.78 is 15.7. The van der Waals surface area contributed by atoms with Crippen LogP contribution in [0.2, 0.25) is 0 Å². The van der Waals surface area contributed by atoms with Gasteiger partial charge in [0.25, 0.3) is 5.91 Å². The lowest BCUT2D eigenvalue weighted by Gasteiger charge is -2.12. The van der Waals surface area contributed by atoms with E-state index < -0.39 is 11.8 Å². The second-order valence-corrected chi connectivity index (χ2v) is 5.68. The molecule has 3 N–H and O–H groups in total. The van der Waals surface area contributed by atoms with E-state index in [0.717, 1.165) is 0 Å². The number of hydrogen-bond donors (Lipinski definition) is 2. The van der Waals surface area contributed by atoms with Crippen LogP contribution in [0.25, 0.3) is 0 Å². The third-order valence-corrected chi connectivity index (χ3v) is 3.03. The van der Waals surface area contributed by atoms with Crippen LogP contribution in [0, 0.1) is 5.92 Å². The van der Waals surface area contributed by atoms with Crippen molar-refractivity contribution in [2.75, 3.05) is 26.9 Å². The molecular formula is C17H24N2O6. The molecule has 0 aromatic heterocycles. The van der Waals surface area contributed by atoms with Crippen LogP contribution in [0.15, 0.2) is 18.2 Å². The van der Waals surface area contributed by atoms with E-state index in [2.05, 4.69) is 5.32 Å². The molecule has 0 fully saturated rings. The number of carbonyl (C=O) groups excluding carboxylic acids is 3. The zero-order valence-electron chi connectivity index (χ0n) is 14.7. The molecule has 0 heterocycles. The van der Waals surface area contributed by atoms with Gasteiger partial charge in [-0.25, -0.2) is 0 Å². The van der Waals surface area contributed by atoms with Crippen LogP contribution in [0.4, 0.5) is 0 Å². The van der Waals surface area contributed by atoms with Gasteiger partial charge in [0.1, 0.15) is 13.2 Å². The third-order valence-electron chi connectivity index (χ3n) is 3.03. The molecule has 2 amide bonds. The zero-order chi connectivity index (χ0) is 18.8. The zero-order valence-corrected chi connectivity index (χ0v) is 14.7. The number of ether oxygens (including phenoxy) is 3. The Hall–Kier alpha value is -2.77. The minimum Gasteiger partial charge on any atom is -0.493 e. The van der Waals surface area contributed by atoms with Crippen molar-refractivity contribution in [2.45, 2.75) is 20.3 Å². The Kier molecular flexibility index (Phi) is 8.25. The molecule has 0 saturated heterocycles. The molecule has 8 nitrogen and oxygen atoms in total. The number of hydrogen-bond acceptors (Lipinski definition) is 6. The van der Waals surface area contributed by atoms with Crippen molar-refractivity contribution in [2.24, 2.45) is 11.7 Å². The average Bonchev–Trinajstić information content (AvgIpc) is 2.55. The van der Waals surface area contributed by atoms with Gasteiger partial charge in [0.2, 0.25) is 5.91 Å². The van der Waals surface area contributed by atoms with Gasteiger partial charge in [-0.15, -0.1) is 0 Å². The van der Waals surface area contributed by atoms with Gasteiger partial charge in [-0.05, 0) is 24.1 Å². The molecule has 0 spiro atoms. The minimum atomic E-state index is -0.632. The second-order valence-electron chi connectivity index (χ2n) is 5.68. The van der Waals surface area contributed by atoms with Gasteiger partial charge in [0, 0.05) is 12.0 Å². The lowest BCUT2D eigenvalue weighted by Crippen LogP contribution is -2.33. The fourth-order valence-corrected chi connectivity index (χ4v) is 1.90. The standard InChI is InChI=1S/C17H24N2O6/c1-11(2)8-16(21)25-7-6-24-13-5-4-12(9-14(13)23-3)17(22)19-10-15(18)20/h4-5,9,11H,6-8,10H2,1-3H3,(H2,18,20)(H,19,22). The highest BCUT2D eigenvalue weighted by Crippen LogP contribution is 2.28. The van der Waals surface area contributed by atoms with E-state index in [4.69, 9.17) is 19.9 Å². The Labute approximate surface area is 146 Å². The number of rotatable bonds is 10. The monoisotopic (exact) mass is 352 g/mol. The summed E-state index contributed by atoms with van der Waals surface area (Å²) in [6.07, 6.45) is 0.360. The van der Waals surface area contributed by atoms with Gasteiger partial charge in [-0.3, -0.25) is 14.4 Å². The summed E-state index contributed by atoms with van der Waals surface area (Å²) in [7, 11) is 1.44. The summed E-state index contributed by atoms with van der Waals surface area (Å²) in [5.74, 6) is -0.360. The van der Waals surface area contributed by atoms with Crippen LogP contribution in [-0.4, -0.2) is 44.7 Å². The smallest absolute Gasteiger partial charge is 0.306 e. The van der Waals surface area contributed by atoms with E-state index in [-0.39, 0.29) is 31.6 Å². The van der Waals surface area contributed by atoms with Crippen LogP contribution < -0.4 is 20.5 Å². The number of carbonyl (C=O) groups is 3. The van der Waals surface area contributed by atoms with E-state index in [1.165, 1.54) is 19.2 Å². The number of amides is 2. The van der Waals surface area contributed by atoms with E-state index >= 15 is 0 Å². The molecule has 0 aliphatic rings. The third kappa shape index (κ3) is 7.56. The van der Waals surface area contributed by atoms with Gasteiger partial charge in [-0.1, -0.05) is 13.8 Å². The number of esters is 1. The van der Waals surface area contributed by atoms with Crippen molar-refractivity contribution >= 4 is 17.8 Å². The van der Waals surface area contributed by atoms with Crippen molar-refractivity contribution in [3.63, 3.8) is 0 Å². The molecule has 25 heavy (non-hydrogen) atoms. The Balaban J connectivity index is 2.56. The molecule has 0 atom stereocenters. The minimum absolute atomic E-state index is 0.121. The molecule has 0 aliphatic heterocycles. The summed E-state index contributed by atoms with van der Waals surface area (Å²) in [4.78, 5) is 34.0. The molecule has 8 heteroatoms. The summed E-state index contributed by atoms with van der Waals surface area (Å²) in [5, 5.41) is 2.38. The summed E-state index contributed by atoms with van der Waals surface area (Å²) in [5.41, 5.74) is 5.28. The van der Waals surface area contributed by atoms with Crippen LogP contribution in [0.5, 0.6) is 11.5 Å². The van der Waals surface area contributed by atoms with E-state index in [0.29, 0.717) is 23.5 Å². The first-order valence-electron chi connectivity index (χ1n) is 7.86. The Morgan fingerprint density at radius 2 is 1.88 bits per heavy atom. The van der Waals surface area contributed by atoms with E-state index in [1.54, 1.807) is 6.07 Å². The quantitative estimate of drug-likeness (QED) is 0.477. The molecule has 0 saturated carbocycles. The highest BCUT2D eigenvalue weighted by atomic mass is 16.6. The lowest BCUT2D eigenvalue weighted by atomic mass is 10.1. The molecule has 0 radical (unpaired) electrons. The van der Waals surface area contributed by atoms with Gasteiger partial charge in [0.15, 0.2) is 11.5 Å². The number of nitrogens with two attached hydrogens (primary N) is 1. The van der Waals surface area contributed by atoms with Crippen LogP contribution >= 0.6 is 0 Å². The van der Waals surface area contributed by atoms with Crippen LogP contribution in [0.3, 0.4) is 0 Å². The van der Waals surface area contributed by atoms with Crippen molar-refractivity contribution in [3.05, 3.63) is 23.8 Å². The fraction of sp³-hybridized carbons (Fsp3) is 0.471. The van der Waals surface area contributed by atoms with Gasteiger partial charge >= 0.3 is 5.97 Å². The first-order chi connectivity index (χ1) is 11.8. The van der Waals surface area contributed by atoms with Crippen molar-refractivity contribution in [1.29, 1.82) is 0 Å². The highest BCUT2D eigenvalue weighted by Gasteiger charge is 2.12. The maximum absolute atomic E-state index is 11.9.